The lowest BCUT2D eigenvalue weighted by Gasteiger charge is -2.19. The van der Waals surface area contributed by atoms with Crippen LogP contribution < -0.4 is 16.0 Å². The summed E-state index contributed by atoms with van der Waals surface area (Å²) in [6.45, 7) is 0.452. The summed E-state index contributed by atoms with van der Waals surface area (Å²) in [5.41, 5.74) is 3.53. The van der Waals surface area contributed by atoms with Crippen LogP contribution in [-0.2, 0) is 6.42 Å². The van der Waals surface area contributed by atoms with Gasteiger partial charge in [0.05, 0.1) is 18.8 Å². The number of nitriles is 1. The molecule has 8 heteroatoms. The highest BCUT2D eigenvalue weighted by molar-refractivity contribution is 5.97. The summed E-state index contributed by atoms with van der Waals surface area (Å²) < 4.78 is 0. The SMILES string of the molecule is N#Cc1cnc(Nc2ccc3c(c2)CCNC3=O)nc1N[C@H](CO)c1ccccc1. The van der Waals surface area contributed by atoms with Gasteiger partial charge >= 0.3 is 0 Å². The van der Waals surface area contributed by atoms with Crippen molar-refractivity contribution in [2.45, 2.75) is 12.5 Å². The van der Waals surface area contributed by atoms with Gasteiger partial charge in [0.2, 0.25) is 5.95 Å². The molecule has 1 aliphatic heterocycles. The van der Waals surface area contributed by atoms with Crippen molar-refractivity contribution in [2.75, 3.05) is 23.8 Å². The first-order chi connectivity index (χ1) is 14.7. The molecule has 1 aromatic heterocycles. The maximum atomic E-state index is 11.9. The summed E-state index contributed by atoms with van der Waals surface area (Å²) in [7, 11) is 0. The van der Waals surface area contributed by atoms with Crippen molar-refractivity contribution < 1.29 is 9.90 Å². The monoisotopic (exact) mass is 400 g/mol. The maximum Gasteiger partial charge on any atom is 0.251 e. The number of benzene rings is 2. The van der Waals surface area contributed by atoms with Crippen LogP contribution in [0.2, 0.25) is 0 Å². The summed E-state index contributed by atoms with van der Waals surface area (Å²) in [6.07, 6.45) is 2.19. The second kappa shape index (κ2) is 8.59. The number of fused-ring (bicyclic) bond motifs is 1. The van der Waals surface area contributed by atoms with Crippen molar-refractivity contribution in [1.82, 2.24) is 15.3 Å². The van der Waals surface area contributed by atoms with Crippen molar-refractivity contribution in [1.29, 1.82) is 5.26 Å². The van der Waals surface area contributed by atoms with Gasteiger partial charge in [-0.25, -0.2) is 4.98 Å². The summed E-state index contributed by atoms with van der Waals surface area (Å²) in [5.74, 6) is 0.566. The second-order valence-corrected chi connectivity index (χ2v) is 6.86. The average Bonchev–Trinajstić information content (AvgIpc) is 2.78. The fourth-order valence-electron chi connectivity index (χ4n) is 3.35. The van der Waals surface area contributed by atoms with Gasteiger partial charge in [-0.15, -0.1) is 0 Å². The van der Waals surface area contributed by atoms with Crippen LogP contribution in [-0.4, -0.2) is 34.1 Å². The predicted molar refractivity (Wildman–Crippen MR) is 112 cm³/mol. The number of amides is 1. The molecule has 1 amide bonds. The fourth-order valence-corrected chi connectivity index (χ4v) is 3.35. The lowest BCUT2D eigenvalue weighted by atomic mass is 10.00. The van der Waals surface area contributed by atoms with Crippen molar-refractivity contribution >= 4 is 23.4 Å². The molecule has 150 valence electrons. The molecule has 3 aromatic rings. The van der Waals surface area contributed by atoms with Crippen molar-refractivity contribution in [2.24, 2.45) is 0 Å². The average molecular weight is 400 g/mol. The molecule has 4 rings (SSSR count). The smallest absolute Gasteiger partial charge is 0.251 e. The molecule has 0 radical (unpaired) electrons. The molecule has 0 aliphatic carbocycles. The van der Waals surface area contributed by atoms with E-state index >= 15 is 0 Å². The Morgan fingerprint density at radius 1 is 1.23 bits per heavy atom. The van der Waals surface area contributed by atoms with Crippen LogP contribution in [0.15, 0.2) is 54.7 Å². The Kier molecular flexibility index (Phi) is 5.54. The van der Waals surface area contributed by atoms with Crippen LogP contribution in [0.5, 0.6) is 0 Å². The third-order valence-corrected chi connectivity index (χ3v) is 4.89. The second-order valence-electron chi connectivity index (χ2n) is 6.86. The van der Waals surface area contributed by atoms with E-state index in [1.807, 2.05) is 36.4 Å². The van der Waals surface area contributed by atoms with Gasteiger partial charge in [-0.05, 0) is 35.7 Å². The highest BCUT2D eigenvalue weighted by atomic mass is 16.3. The van der Waals surface area contributed by atoms with E-state index in [2.05, 4.69) is 32.0 Å². The van der Waals surface area contributed by atoms with Gasteiger partial charge in [0.15, 0.2) is 0 Å². The van der Waals surface area contributed by atoms with E-state index in [1.54, 1.807) is 12.1 Å². The standard InChI is InChI=1S/C22H20N6O2/c23-11-16-12-25-22(26-17-6-7-18-15(10-17)8-9-24-21(18)30)28-20(16)27-19(13-29)14-4-2-1-3-5-14/h1-7,10,12,19,29H,8-9,13H2,(H,24,30)(H2,25,26,27,28)/t19-/m1/s1. The minimum Gasteiger partial charge on any atom is -0.394 e. The number of hydrogen-bond acceptors (Lipinski definition) is 7. The van der Waals surface area contributed by atoms with E-state index in [4.69, 9.17) is 0 Å². The summed E-state index contributed by atoms with van der Waals surface area (Å²) in [6, 6.07) is 16.6. The third kappa shape index (κ3) is 4.06. The fraction of sp³-hybridized carbons (Fsp3) is 0.182. The Morgan fingerprint density at radius 3 is 2.83 bits per heavy atom. The van der Waals surface area contributed by atoms with Gasteiger partial charge in [0.25, 0.3) is 5.91 Å². The Balaban J connectivity index is 1.58. The van der Waals surface area contributed by atoms with Crippen LogP contribution in [0.1, 0.15) is 33.1 Å². The lowest BCUT2D eigenvalue weighted by molar-refractivity contribution is 0.0946. The zero-order valence-corrected chi connectivity index (χ0v) is 16.1. The molecule has 2 aromatic carbocycles. The lowest BCUT2D eigenvalue weighted by Crippen LogP contribution is -2.31. The number of anilines is 3. The number of carbonyl (C=O) groups excluding carboxylic acids is 1. The number of aliphatic hydroxyl groups is 1. The molecular weight excluding hydrogens is 380 g/mol. The molecule has 30 heavy (non-hydrogen) atoms. The summed E-state index contributed by atoms with van der Waals surface area (Å²) in [4.78, 5) is 20.5. The largest absolute Gasteiger partial charge is 0.394 e. The highest BCUT2D eigenvalue weighted by Crippen LogP contribution is 2.24. The van der Waals surface area contributed by atoms with Crippen LogP contribution in [0.4, 0.5) is 17.5 Å². The Bertz CT molecular complexity index is 1110. The number of hydrogen-bond donors (Lipinski definition) is 4. The van der Waals surface area contributed by atoms with E-state index < -0.39 is 6.04 Å². The number of nitrogens with zero attached hydrogens (tertiary/aromatic N) is 3. The Morgan fingerprint density at radius 2 is 2.07 bits per heavy atom. The Hall–Kier alpha value is -3.96. The molecule has 0 spiro atoms. The van der Waals surface area contributed by atoms with Crippen LogP contribution in [0.25, 0.3) is 0 Å². The topological polar surface area (TPSA) is 123 Å². The summed E-state index contributed by atoms with van der Waals surface area (Å²) >= 11 is 0. The number of aromatic nitrogens is 2. The van der Waals surface area contributed by atoms with E-state index in [9.17, 15) is 15.2 Å². The third-order valence-electron chi connectivity index (χ3n) is 4.89. The summed E-state index contributed by atoms with van der Waals surface area (Å²) in [5, 5.41) is 28.3. The zero-order valence-electron chi connectivity index (χ0n) is 16.1. The molecule has 4 N–H and O–H groups in total. The molecule has 1 atom stereocenters. The molecular formula is C22H20N6O2. The molecule has 0 bridgehead atoms. The molecule has 0 fully saturated rings. The maximum absolute atomic E-state index is 11.9. The van der Waals surface area contributed by atoms with Crippen molar-refractivity contribution in [3.05, 3.63) is 77.0 Å². The minimum atomic E-state index is -0.414. The molecule has 0 saturated heterocycles. The number of carbonyl (C=O) groups is 1. The molecule has 0 unspecified atom stereocenters. The number of nitrogens with one attached hydrogen (secondary N) is 3. The van der Waals surface area contributed by atoms with Crippen LogP contribution in [0, 0.1) is 11.3 Å². The quantitative estimate of drug-likeness (QED) is 0.501. The van der Waals surface area contributed by atoms with Gasteiger partial charge in [-0.1, -0.05) is 30.3 Å². The molecule has 1 aliphatic rings. The van der Waals surface area contributed by atoms with Crippen molar-refractivity contribution in [3.8, 4) is 6.07 Å². The highest BCUT2D eigenvalue weighted by Gasteiger charge is 2.18. The van der Waals surface area contributed by atoms with E-state index in [-0.39, 0.29) is 18.1 Å². The predicted octanol–water partition coefficient (Wildman–Crippen LogP) is 2.52. The minimum absolute atomic E-state index is 0.0696. The molecule has 8 nitrogen and oxygen atoms in total. The normalized spacial score (nSPS) is 13.5. The van der Waals surface area contributed by atoms with Gasteiger partial charge in [-0.3, -0.25) is 4.79 Å². The van der Waals surface area contributed by atoms with Gasteiger partial charge in [0.1, 0.15) is 17.5 Å². The molecule has 0 saturated carbocycles. The van der Waals surface area contributed by atoms with E-state index in [0.717, 1.165) is 23.2 Å². The Labute approximate surface area is 173 Å². The van der Waals surface area contributed by atoms with Crippen LogP contribution >= 0.6 is 0 Å². The number of aliphatic hydroxyl groups excluding tert-OH is 1. The first kappa shape index (κ1) is 19.4. The van der Waals surface area contributed by atoms with Gasteiger partial charge in [0, 0.05) is 17.8 Å². The zero-order chi connectivity index (χ0) is 20.9. The van der Waals surface area contributed by atoms with Crippen LogP contribution in [0.3, 0.4) is 0 Å². The molecule has 2 heterocycles. The van der Waals surface area contributed by atoms with E-state index in [1.165, 1.54) is 6.20 Å². The van der Waals surface area contributed by atoms with E-state index in [0.29, 0.717) is 23.9 Å². The number of rotatable bonds is 6. The van der Waals surface area contributed by atoms with Crippen molar-refractivity contribution in [3.63, 3.8) is 0 Å². The first-order valence-electron chi connectivity index (χ1n) is 9.55. The van der Waals surface area contributed by atoms with Gasteiger partial charge < -0.3 is 21.1 Å². The van der Waals surface area contributed by atoms with Gasteiger partial charge in [-0.2, -0.15) is 10.2 Å². The first-order valence-corrected chi connectivity index (χ1v) is 9.55.